The number of aliphatic carboxylic acids is 1. The van der Waals surface area contributed by atoms with E-state index >= 15 is 0 Å². The molecule has 1 amide bonds. The highest BCUT2D eigenvalue weighted by Crippen LogP contribution is 2.15. The largest absolute Gasteiger partial charge is 0.548 e. The van der Waals surface area contributed by atoms with Crippen molar-refractivity contribution in [1.82, 2.24) is 14.9 Å². The van der Waals surface area contributed by atoms with Gasteiger partial charge < -0.3 is 15.2 Å². The normalized spacial score (nSPS) is 13.1. The summed E-state index contributed by atoms with van der Waals surface area (Å²) in [5, 5.41) is 13.8. The van der Waals surface area contributed by atoms with Gasteiger partial charge >= 0.3 is 0 Å². The summed E-state index contributed by atoms with van der Waals surface area (Å²) in [5.41, 5.74) is 0.998. The maximum absolute atomic E-state index is 12.9. The van der Waals surface area contributed by atoms with Crippen LogP contribution in [0.3, 0.4) is 0 Å². The first-order valence-electron chi connectivity index (χ1n) is 8.48. The molecule has 3 rings (SSSR count). The van der Waals surface area contributed by atoms with E-state index < -0.39 is 24.0 Å². The molecule has 0 aliphatic heterocycles. The summed E-state index contributed by atoms with van der Waals surface area (Å²) in [6.07, 6.45) is 1.54. The number of aromatic nitrogens is 2. The summed E-state index contributed by atoms with van der Waals surface area (Å²) in [6, 6.07) is 13.9. The van der Waals surface area contributed by atoms with Crippen molar-refractivity contribution in [1.29, 1.82) is 0 Å². The van der Waals surface area contributed by atoms with E-state index in [0.717, 1.165) is 5.56 Å². The maximum Gasteiger partial charge on any atom is 0.261 e. The van der Waals surface area contributed by atoms with Gasteiger partial charge in [0.2, 0.25) is 5.91 Å². The fourth-order valence-corrected chi connectivity index (χ4v) is 2.83. The summed E-state index contributed by atoms with van der Waals surface area (Å²) in [4.78, 5) is 40.9. The van der Waals surface area contributed by atoms with Gasteiger partial charge in [0.15, 0.2) is 0 Å². The van der Waals surface area contributed by atoms with Crippen molar-refractivity contribution in [3.05, 3.63) is 76.8 Å². The number of nitrogens with one attached hydrogen (secondary N) is 1. The molecule has 0 saturated carbocycles. The second-order valence-corrected chi connectivity index (χ2v) is 6.23. The Morgan fingerprint density at radius 1 is 1.11 bits per heavy atom. The number of carboxylic acids is 1. The van der Waals surface area contributed by atoms with E-state index in [1.807, 2.05) is 30.3 Å². The van der Waals surface area contributed by atoms with Crippen molar-refractivity contribution >= 4 is 22.8 Å². The standard InChI is InChI=1S/C20H19N3O4/c1-13(20(26)27)22-18(24)17(11-14-7-3-2-4-8-14)23-12-21-16-10-6-5-9-15(16)19(23)25/h2-10,12-13,17H,11H2,1H3,(H,22,24)(H,26,27)/p-1/t13-,17-/m0/s1. The predicted molar refractivity (Wildman–Crippen MR) is 97.8 cm³/mol. The van der Waals surface area contributed by atoms with Gasteiger partial charge in [-0.2, -0.15) is 0 Å². The number of para-hydroxylation sites is 1. The topological polar surface area (TPSA) is 104 Å². The van der Waals surface area contributed by atoms with Gasteiger partial charge in [-0.25, -0.2) is 4.98 Å². The van der Waals surface area contributed by atoms with Crippen LogP contribution in [0.4, 0.5) is 0 Å². The van der Waals surface area contributed by atoms with Crippen molar-refractivity contribution < 1.29 is 14.7 Å². The van der Waals surface area contributed by atoms with Crippen LogP contribution in [0, 0.1) is 0 Å². The molecular weight excluding hydrogens is 346 g/mol. The van der Waals surface area contributed by atoms with E-state index in [-0.39, 0.29) is 12.0 Å². The molecule has 2 aromatic carbocycles. The highest BCUT2D eigenvalue weighted by atomic mass is 16.4. The number of carboxylic acid groups (broad SMARTS) is 1. The molecule has 2 atom stereocenters. The minimum Gasteiger partial charge on any atom is -0.548 e. The molecule has 0 unspecified atom stereocenters. The van der Waals surface area contributed by atoms with Gasteiger partial charge in [0.05, 0.1) is 29.2 Å². The molecule has 0 aliphatic carbocycles. The molecule has 0 aliphatic rings. The minimum absolute atomic E-state index is 0.215. The molecular formula is C20H18N3O4-. The molecule has 7 heteroatoms. The van der Waals surface area contributed by atoms with Crippen molar-refractivity contribution in [2.45, 2.75) is 25.4 Å². The average molecular weight is 364 g/mol. The Hall–Kier alpha value is -3.48. The quantitative estimate of drug-likeness (QED) is 0.683. The van der Waals surface area contributed by atoms with Crippen molar-refractivity contribution in [3.63, 3.8) is 0 Å². The molecule has 1 heterocycles. The number of fused-ring (bicyclic) bond motifs is 1. The third-order valence-electron chi connectivity index (χ3n) is 4.31. The smallest absolute Gasteiger partial charge is 0.261 e. The van der Waals surface area contributed by atoms with E-state index in [1.54, 1.807) is 24.3 Å². The van der Waals surface area contributed by atoms with Gasteiger partial charge in [-0.15, -0.1) is 0 Å². The first-order valence-corrected chi connectivity index (χ1v) is 8.48. The fourth-order valence-electron chi connectivity index (χ4n) is 2.83. The molecule has 1 N–H and O–H groups in total. The number of amides is 1. The maximum atomic E-state index is 12.9. The third kappa shape index (κ3) is 4.03. The van der Waals surface area contributed by atoms with Crippen molar-refractivity contribution in [2.75, 3.05) is 0 Å². The highest BCUT2D eigenvalue weighted by Gasteiger charge is 2.24. The molecule has 0 radical (unpaired) electrons. The van der Waals surface area contributed by atoms with Gasteiger partial charge in [0, 0.05) is 6.42 Å². The molecule has 0 saturated heterocycles. The van der Waals surface area contributed by atoms with Crippen LogP contribution >= 0.6 is 0 Å². The zero-order valence-electron chi connectivity index (χ0n) is 14.7. The molecule has 138 valence electrons. The third-order valence-corrected chi connectivity index (χ3v) is 4.31. The van der Waals surface area contributed by atoms with Gasteiger partial charge in [-0.1, -0.05) is 42.5 Å². The van der Waals surface area contributed by atoms with Gasteiger partial charge in [-0.05, 0) is 24.6 Å². The van der Waals surface area contributed by atoms with E-state index in [0.29, 0.717) is 10.9 Å². The van der Waals surface area contributed by atoms with Crippen LogP contribution in [0.2, 0.25) is 0 Å². The lowest BCUT2D eigenvalue weighted by molar-refractivity contribution is -0.307. The van der Waals surface area contributed by atoms with E-state index in [1.165, 1.54) is 17.8 Å². The van der Waals surface area contributed by atoms with E-state index in [4.69, 9.17) is 0 Å². The number of rotatable bonds is 6. The Labute approximate surface area is 155 Å². The second-order valence-electron chi connectivity index (χ2n) is 6.23. The number of hydrogen-bond donors (Lipinski definition) is 1. The van der Waals surface area contributed by atoms with Gasteiger partial charge in [0.25, 0.3) is 5.56 Å². The Balaban J connectivity index is 2.03. The minimum atomic E-state index is -1.40. The molecule has 0 spiro atoms. The fraction of sp³-hybridized carbons (Fsp3) is 0.200. The van der Waals surface area contributed by atoms with Gasteiger partial charge in [-0.3, -0.25) is 14.2 Å². The Morgan fingerprint density at radius 2 is 1.78 bits per heavy atom. The number of hydrogen-bond acceptors (Lipinski definition) is 5. The lowest BCUT2D eigenvalue weighted by atomic mass is 10.0. The predicted octanol–water partition coefficient (Wildman–Crippen LogP) is 0.435. The molecule has 7 nitrogen and oxygen atoms in total. The van der Waals surface area contributed by atoms with Crippen molar-refractivity contribution in [2.24, 2.45) is 0 Å². The Bertz CT molecular complexity index is 1030. The summed E-state index contributed by atoms with van der Waals surface area (Å²) < 4.78 is 1.24. The first-order chi connectivity index (χ1) is 13.0. The zero-order valence-corrected chi connectivity index (χ0v) is 14.7. The Kier molecular flexibility index (Phi) is 5.30. The summed E-state index contributed by atoms with van der Waals surface area (Å²) in [7, 11) is 0. The molecule has 0 bridgehead atoms. The molecule has 1 aromatic heterocycles. The van der Waals surface area contributed by atoms with E-state index in [2.05, 4.69) is 10.3 Å². The second kappa shape index (κ2) is 7.82. The van der Waals surface area contributed by atoms with Gasteiger partial charge in [0.1, 0.15) is 6.04 Å². The van der Waals surface area contributed by atoms with Crippen LogP contribution < -0.4 is 16.0 Å². The summed E-state index contributed by atoms with van der Waals surface area (Å²) in [5.74, 6) is -1.99. The van der Waals surface area contributed by atoms with Crippen LogP contribution in [-0.2, 0) is 16.0 Å². The molecule has 3 aromatic rings. The monoisotopic (exact) mass is 364 g/mol. The lowest BCUT2D eigenvalue weighted by Gasteiger charge is -2.22. The van der Waals surface area contributed by atoms with E-state index in [9.17, 15) is 19.5 Å². The van der Waals surface area contributed by atoms with Crippen molar-refractivity contribution in [3.8, 4) is 0 Å². The summed E-state index contributed by atoms with van der Waals surface area (Å²) in [6.45, 7) is 1.31. The van der Waals surface area contributed by atoms with Crippen LogP contribution in [0.25, 0.3) is 10.9 Å². The average Bonchev–Trinajstić information content (AvgIpc) is 2.67. The number of nitrogens with zero attached hydrogens (tertiary/aromatic N) is 2. The first kappa shape index (κ1) is 18.3. The zero-order chi connectivity index (χ0) is 19.4. The van der Waals surface area contributed by atoms with Crippen LogP contribution in [0.5, 0.6) is 0 Å². The van der Waals surface area contributed by atoms with Crippen LogP contribution in [-0.4, -0.2) is 27.5 Å². The van der Waals surface area contributed by atoms with Crippen LogP contribution in [0.1, 0.15) is 18.5 Å². The number of carbonyl (C=O) groups is 2. The van der Waals surface area contributed by atoms with Crippen LogP contribution in [0.15, 0.2) is 65.7 Å². The summed E-state index contributed by atoms with van der Waals surface area (Å²) >= 11 is 0. The Morgan fingerprint density at radius 3 is 2.48 bits per heavy atom. The highest BCUT2D eigenvalue weighted by molar-refractivity contribution is 5.86. The molecule has 0 fully saturated rings. The number of carbonyl (C=O) groups excluding carboxylic acids is 2. The lowest BCUT2D eigenvalue weighted by Crippen LogP contribution is -2.49. The molecule has 27 heavy (non-hydrogen) atoms. The SMILES string of the molecule is C[C@H](NC(=O)[C@H](Cc1ccccc1)n1cnc2ccccc2c1=O)C(=O)[O-]. The number of benzene rings is 2.